The maximum Gasteiger partial charge on any atom is 0.325 e. The molecule has 0 fully saturated rings. The zero-order chi connectivity index (χ0) is 22.3. The molecule has 0 saturated heterocycles. The van der Waals surface area contributed by atoms with Gasteiger partial charge in [-0.3, -0.25) is 5.32 Å². The van der Waals surface area contributed by atoms with Crippen molar-refractivity contribution in [3.8, 4) is 0 Å². The minimum absolute atomic E-state index is 0.0713. The molecular formula is C23H34N4O3. The highest BCUT2D eigenvalue weighted by Crippen LogP contribution is 2.32. The molecule has 0 aliphatic carbocycles. The van der Waals surface area contributed by atoms with Crippen LogP contribution in [0, 0.1) is 18.8 Å². The van der Waals surface area contributed by atoms with Crippen LogP contribution >= 0.6 is 0 Å². The van der Waals surface area contributed by atoms with Crippen LogP contribution in [0.25, 0.3) is 0 Å². The van der Waals surface area contributed by atoms with Crippen molar-refractivity contribution in [3.05, 3.63) is 35.6 Å². The lowest BCUT2D eigenvalue weighted by Crippen LogP contribution is -2.32. The van der Waals surface area contributed by atoms with Crippen LogP contribution in [-0.2, 0) is 4.79 Å². The first-order valence-electron chi connectivity index (χ1n) is 10.5. The second-order valence-corrected chi connectivity index (χ2v) is 8.67. The Morgan fingerprint density at radius 3 is 2.30 bits per heavy atom. The molecule has 0 saturated carbocycles. The van der Waals surface area contributed by atoms with Crippen molar-refractivity contribution >= 4 is 29.5 Å². The fourth-order valence-corrected chi connectivity index (χ4v) is 3.36. The summed E-state index contributed by atoms with van der Waals surface area (Å²) >= 11 is 0. The van der Waals surface area contributed by atoms with Crippen LogP contribution in [0.15, 0.2) is 28.8 Å². The first kappa shape index (κ1) is 23.4. The van der Waals surface area contributed by atoms with E-state index >= 15 is 0 Å². The first-order valence-corrected chi connectivity index (χ1v) is 10.5. The Morgan fingerprint density at radius 2 is 1.77 bits per heavy atom. The SMILES string of the molecule is Cc1cc(NC(=O)Nc2cc(C(C)CC=O)ccc2N(CC(C)C)CC(C)C)no1. The summed E-state index contributed by atoms with van der Waals surface area (Å²) in [6, 6.07) is 7.31. The number of rotatable bonds is 10. The molecule has 1 atom stereocenters. The van der Waals surface area contributed by atoms with Crippen molar-refractivity contribution in [1.29, 1.82) is 0 Å². The van der Waals surface area contributed by atoms with Gasteiger partial charge in [0.25, 0.3) is 0 Å². The highest BCUT2D eigenvalue weighted by atomic mass is 16.5. The molecule has 2 aromatic rings. The Hall–Kier alpha value is -2.83. The van der Waals surface area contributed by atoms with E-state index in [1.54, 1.807) is 13.0 Å². The van der Waals surface area contributed by atoms with Gasteiger partial charge in [-0.2, -0.15) is 0 Å². The fraction of sp³-hybridized carbons (Fsp3) is 0.522. The van der Waals surface area contributed by atoms with E-state index in [-0.39, 0.29) is 5.92 Å². The van der Waals surface area contributed by atoms with E-state index in [2.05, 4.69) is 48.4 Å². The summed E-state index contributed by atoms with van der Waals surface area (Å²) in [6.07, 6.45) is 1.36. The highest BCUT2D eigenvalue weighted by molar-refractivity contribution is 6.01. The van der Waals surface area contributed by atoms with Gasteiger partial charge in [-0.1, -0.05) is 45.8 Å². The van der Waals surface area contributed by atoms with Crippen LogP contribution in [0.5, 0.6) is 0 Å². The van der Waals surface area contributed by atoms with Crippen LogP contribution in [0.3, 0.4) is 0 Å². The highest BCUT2D eigenvalue weighted by Gasteiger charge is 2.18. The van der Waals surface area contributed by atoms with Gasteiger partial charge in [-0.05, 0) is 42.4 Å². The maximum atomic E-state index is 12.6. The van der Waals surface area contributed by atoms with Crippen molar-refractivity contribution < 1.29 is 14.1 Å². The number of nitrogens with zero attached hydrogens (tertiary/aromatic N) is 2. The summed E-state index contributed by atoms with van der Waals surface area (Å²) < 4.78 is 5.01. The standard InChI is InChI=1S/C23H34N4O3/c1-15(2)13-27(14-16(3)4)21-8-7-19(17(5)9-10-28)12-20(21)24-23(29)25-22-11-18(6)30-26-22/h7-8,10-12,15-17H,9,13-14H2,1-6H3,(H2,24,25,26,29). The van der Waals surface area contributed by atoms with Gasteiger partial charge in [-0.25, -0.2) is 4.79 Å². The maximum absolute atomic E-state index is 12.6. The van der Waals surface area contributed by atoms with E-state index in [1.807, 2.05) is 25.1 Å². The topological polar surface area (TPSA) is 87.5 Å². The number of amides is 2. The number of benzene rings is 1. The number of aryl methyl sites for hydroxylation is 1. The predicted octanol–water partition coefficient (Wildman–Crippen LogP) is 5.44. The number of carbonyl (C=O) groups excluding carboxylic acids is 2. The van der Waals surface area contributed by atoms with Gasteiger partial charge < -0.3 is 19.5 Å². The van der Waals surface area contributed by atoms with Crippen LogP contribution in [0.2, 0.25) is 0 Å². The van der Waals surface area contributed by atoms with Gasteiger partial charge in [0, 0.05) is 25.6 Å². The number of hydrogen-bond donors (Lipinski definition) is 2. The molecule has 7 heteroatoms. The Labute approximate surface area is 179 Å². The van der Waals surface area contributed by atoms with Crippen molar-refractivity contribution in [2.75, 3.05) is 28.6 Å². The molecule has 7 nitrogen and oxygen atoms in total. The minimum Gasteiger partial charge on any atom is -0.369 e. The van der Waals surface area contributed by atoms with Gasteiger partial charge in [0.05, 0.1) is 11.4 Å². The Kier molecular flexibility index (Phi) is 8.45. The number of anilines is 3. The minimum atomic E-state index is -0.390. The molecule has 0 bridgehead atoms. The third kappa shape index (κ3) is 6.90. The molecule has 2 rings (SSSR count). The molecule has 164 valence electrons. The van der Waals surface area contributed by atoms with Crippen molar-refractivity contribution in [2.24, 2.45) is 11.8 Å². The summed E-state index contributed by atoms with van der Waals surface area (Å²) in [7, 11) is 0. The van der Waals surface area contributed by atoms with Gasteiger partial charge in [0.15, 0.2) is 5.82 Å². The van der Waals surface area contributed by atoms with E-state index in [9.17, 15) is 9.59 Å². The Bertz CT molecular complexity index is 835. The third-order valence-electron chi connectivity index (χ3n) is 4.67. The van der Waals surface area contributed by atoms with Gasteiger partial charge in [-0.15, -0.1) is 0 Å². The Balaban J connectivity index is 2.36. The van der Waals surface area contributed by atoms with E-state index < -0.39 is 6.03 Å². The molecule has 1 aromatic carbocycles. The lowest BCUT2D eigenvalue weighted by atomic mass is 9.97. The second kappa shape index (κ2) is 10.8. The molecule has 0 radical (unpaired) electrons. The fourth-order valence-electron chi connectivity index (χ4n) is 3.36. The van der Waals surface area contributed by atoms with E-state index in [1.165, 1.54) is 0 Å². The lowest BCUT2D eigenvalue weighted by Gasteiger charge is -2.31. The summed E-state index contributed by atoms with van der Waals surface area (Å²) in [5.74, 6) is 1.99. The molecule has 1 unspecified atom stereocenters. The number of nitrogens with one attached hydrogen (secondary N) is 2. The predicted molar refractivity (Wildman–Crippen MR) is 121 cm³/mol. The summed E-state index contributed by atoms with van der Waals surface area (Å²) in [5, 5.41) is 9.48. The van der Waals surface area contributed by atoms with Crippen LogP contribution in [-0.4, -0.2) is 30.6 Å². The number of hydrogen-bond acceptors (Lipinski definition) is 5. The van der Waals surface area contributed by atoms with Crippen LogP contribution in [0.4, 0.5) is 22.0 Å². The Morgan fingerprint density at radius 1 is 1.10 bits per heavy atom. The van der Waals surface area contributed by atoms with Gasteiger partial charge in [0.2, 0.25) is 0 Å². The quantitative estimate of drug-likeness (QED) is 0.506. The van der Waals surface area contributed by atoms with E-state index in [4.69, 9.17) is 4.52 Å². The molecule has 30 heavy (non-hydrogen) atoms. The van der Waals surface area contributed by atoms with Gasteiger partial charge in [0.1, 0.15) is 12.0 Å². The second-order valence-electron chi connectivity index (χ2n) is 8.67. The van der Waals surface area contributed by atoms with Crippen LogP contribution in [0.1, 0.15) is 58.3 Å². The summed E-state index contributed by atoms with van der Waals surface area (Å²) in [4.78, 5) is 25.9. The molecule has 1 aromatic heterocycles. The third-order valence-corrected chi connectivity index (χ3v) is 4.67. The molecule has 2 amide bonds. The molecule has 0 spiro atoms. The number of carbonyl (C=O) groups is 2. The smallest absolute Gasteiger partial charge is 0.325 e. The lowest BCUT2D eigenvalue weighted by molar-refractivity contribution is -0.108. The zero-order valence-corrected chi connectivity index (χ0v) is 18.9. The molecular weight excluding hydrogens is 380 g/mol. The van der Waals surface area contributed by atoms with Crippen molar-refractivity contribution in [2.45, 2.75) is 53.9 Å². The number of aldehydes is 1. The normalized spacial score (nSPS) is 12.1. The average molecular weight is 415 g/mol. The summed E-state index contributed by atoms with van der Waals surface area (Å²) in [6.45, 7) is 14.2. The van der Waals surface area contributed by atoms with Gasteiger partial charge >= 0.3 is 6.03 Å². The van der Waals surface area contributed by atoms with E-state index in [0.29, 0.717) is 35.5 Å². The van der Waals surface area contributed by atoms with Crippen molar-refractivity contribution in [3.63, 3.8) is 0 Å². The largest absolute Gasteiger partial charge is 0.369 e. The average Bonchev–Trinajstić information content (AvgIpc) is 3.05. The van der Waals surface area contributed by atoms with Crippen molar-refractivity contribution in [1.82, 2.24) is 5.16 Å². The molecule has 1 heterocycles. The van der Waals surface area contributed by atoms with E-state index in [0.717, 1.165) is 30.6 Å². The first-order chi connectivity index (χ1) is 14.2. The molecule has 0 aliphatic rings. The monoisotopic (exact) mass is 414 g/mol. The number of urea groups is 1. The summed E-state index contributed by atoms with van der Waals surface area (Å²) in [5.41, 5.74) is 2.68. The van der Waals surface area contributed by atoms with Crippen LogP contribution < -0.4 is 15.5 Å². The number of aromatic nitrogens is 1. The zero-order valence-electron chi connectivity index (χ0n) is 18.9. The molecule has 0 aliphatic heterocycles. The molecule has 2 N–H and O–H groups in total.